The molecule has 23 heavy (non-hydrogen) atoms. The Bertz CT molecular complexity index is 824. The van der Waals surface area contributed by atoms with E-state index < -0.39 is 0 Å². The molecule has 1 aliphatic rings. The maximum Gasteiger partial charge on any atom is 0.174 e. The van der Waals surface area contributed by atoms with E-state index in [4.69, 9.17) is 10.00 Å². The number of rotatable bonds is 4. The molecule has 4 nitrogen and oxygen atoms in total. The smallest absolute Gasteiger partial charge is 0.174 e. The second-order valence-corrected chi connectivity index (χ2v) is 6.33. The van der Waals surface area contributed by atoms with Gasteiger partial charge in [-0.15, -0.1) is 11.3 Å². The van der Waals surface area contributed by atoms with Gasteiger partial charge in [-0.2, -0.15) is 10.5 Å². The fourth-order valence-corrected chi connectivity index (χ4v) is 3.90. The molecule has 0 unspecified atom stereocenters. The van der Waals surface area contributed by atoms with Crippen molar-refractivity contribution in [2.45, 2.75) is 25.7 Å². The highest BCUT2D eigenvalue weighted by Gasteiger charge is 2.20. The Morgan fingerprint density at radius 3 is 2.87 bits per heavy atom. The van der Waals surface area contributed by atoms with Crippen molar-refractivity contribution in [2.75, 3.05) is 6.61 Å². The van der Waals surface area contributed by atoms with Gasteiger partial charge in [0.25, 0.3) is 0 Å². The average Bonchev–Trinajstić information content (AvgIpc) is 2.96. The van der Waals surface area contributed by atoms with Crippen LogP contribution in [-0.4, -0.2) is 12.8 Å². The van der Waals surface area contributed by atoms with Crippen molar-refractivity contribution in [3.05, 3.63) is 45.8 Å². The standard InChI is InChI=1S/C18H15N3OS/c19-9-10-22-16-7-3-1-5-13(16)12-21-18-15(11-20)14-6-2-4-8-17(14)23-18/h1,3,5,7,12H,2,4,6,8,10H2. The van der Waals surface area contributed by atoms with E-state index in [2.05, 4.69) is 11.1 Å². The lowest BCUT2D eigenvalue weighted by molar-refractivity contribution is 0.367. The summed E-state index contributed by atoms with van der Waals surface area (Å²) >= 11 is 1.62. The lowest BCUT2D eigenvalue weighted by Gasteiger charge is -2.09. The fraction of sp³-hybridized carbons (Fsp3) is 0.278. The summed E-state index contributed by atoms with van der Waals surface area (Å²) < 4.78 is 5.40. The van der Waals surface area contributed by atoms with E-state index in [1.54, 1.807) is 17.6 Å². The number of aryl methyl sites for hydroxylation is 1. The molecule has 1 aromatic carbocycles. The summed E-state index contributed by atoms with van der Waals surface area (Å²) in [6, 6.07) is 11.7. The van der Waals surface area contributed by atoms with Crippen molar-refractivity contribution in [3.63, 3.8) is 0 Å². The summed E-state index contributed by atoms with van der Waals surface area (Å²) in [5, 5.41) is 18.9. The molecule has 2 aromatic rings. The van der Waals surface area contributed by atoms with Crippen LogP contribution in [0.25, 0.3) is 0 Å². The van der Waals surface area contributed by atoms with Crippen LogP contribution in [0.4, 0.5) is 5.00 Å². The van der Waals surface area contributed by atoms with Gasteiger partial charge in [0, 0.05) is 16.7 Å². The molecule has 114 valence electrons. The number of hydrogen-bond acceptors (Lipinski definition) is 5. The number of aliphatic imine (C=N–C) groups is 1. The van der Waals surface area contributed by atoms with Crippen LogP contribution in [0.2, 0.25) is 0 Å². The van der Waals surface area contributed by atoms with Crippen LogP contribution in [0.15, 0.2) is 29.3 Å². The van der Waals surface area contributed by atoms with Gasteiger partial charge in [0.15, 0.2) is 6.61 Å². The first kappa shape index (κ1) is 15.3. The minimum Gasteiger partial charge on any atom is -0.478 e. The SMILES string of the molecule is N#CCOc1ccccc1C=Nc1sc2c(c1C#N)CCCC2. The monoisotopic (exact) mass is 321 g/mol. The molecule has 0 aliphatic heterocycles. The molecule has 0 bridgehead atoms. The van der Waals surface area contributed by atoms with Gasteiger partial charge in [0.2, 0.25) is 0 Å². The van der Waals surface area contributed by atoms with E-state index in [1.165, 1.54) is 16.9 Å². The minimum atomic E-state index is 0.00158. The minimum absolute atomic E-state index is 0.00158. The van der Waals surface area contributed by atoms with E-state index in [-0.39, 0.29) is 6.61 Å². The van der Waals surface area contributed by atoms with E-state index in [9.17, 15) is 5.26 Å². The summed E-state index contributed by atoms with van der Waals surface area (Å²) in [4.78, 5) is 5.83. The Morgan fingerprint density at radius 1 is 1.22 bits per heavy atom. The van der Waals surface area contributed by atoms with Crippen molar-refractivity contribution in [1.29, 1.82) is 10.5 Å². The molecule has 0 radical (unpaired) electrons. The maximum atomic E-state index is 9.45. The van der Waals surface area contributed by atoms with Crippen LogP contribution in [-0.2, 0) is 12.8 Å². The predicted octanol–water partition coefficient (Wildman–Crippen LogP) is 4.15. The molecule has 1 heterocycles. The zero-order valence-corrected chi connectivity index (χ0v) is 13.4. The summed E-state index contributed by atoms with van der Waals surface area (Å²) in [6.45, 7) is 0.00158. The molecule has 3 rings (SSSR count). The molecule has 0 saturated carbocycles. The molecule has 5 heteroatoms. The molecular weight excluding hydrogens is 306 g/mol. The summed E-state index contributed by atoms with van der Waals surface area (Å²) in [5.41, 5.74) is 2.71. The van der Waals surface area contributed by atoms with Crippen molar-refractivity contribution < 1.29 is 4.74 Å². The summed E-state index contributed by atoms with van der Waals surface area (Å²) in [7, 11) is 0. The first-order chi connectivity index (χ1) is 11.3. The second kappa shape index (κ2) is 7.09. The van der Waals surface area contributed by atoms with Crippen molar-refractivity contribution in [1.82, 2.24) is 0 Å². The molecule has 0 fully saturated rings. The van der Waals surface area contributed by atoms with Crippen LogP contribution in [0.3, 0.4) is 0 Å². The topological polar surface area (TPSA) is 69.2 Å². The normalized spacial score (nSPS) is 13.3. The Balaban J connectivity index is 1.91. The van der Waals surface area contributed by atoms with Gasteiger partial charge in [-0.3, -0.25) is 0 Å². The van der Waals surface area contributed by atoms with Crippen molar-refractivity contribution in [2.24, 2.45) is 4.99 Å². The molecule has 0 spiro atoms. The first-order valence-corrected chi connectivity index (χ1v) is 8.32. The molecule has 0 amide bonds. The first-order valence-electron chi connectivity index (χ1n) is 7.51. The molecule has 0 saturated heterocycles. The van der Waals surface area contributed by atoms with Gasteiger partial charge in [0.1, 0.15) is 22.9 Å². The maximum absolute atomic E-state index is 9.45. The number of thiophene rings is 1. The lowest BCUT2D eigenvalue weighted by atomic mass is 9.96. The van der Waals surface area contributed by atoms with Gasteiger partial charge in [-0.05, 0) is 43.4 Å². The molecule has 1 aliphatic carbocycles. The number of ether oxygens (including phenoxy) is 1. The van der Waals surface area contributed by atoms with E-state index in [1.807, 2.05) is 30.3 Å². The van der Waals surface area contributed by atoms with E-state index in [0.29, 0.717) is 5.75 Å². The predicted molar refractivity (Wildman–Crippen MR) is 90.5 cm³/mol. The van der Waals surface area contributed by atoms with Crippen LogP contribution in [0.5, 0.6) is 5.75 Å². The van der Waals surface area contributed by atoms with Gasteiger partial charge < -0.3 is 4.74 Å². The number of nitrogens with zero attached hydrogens (tertiary/aromatic N) is 3. The van der Waals surface area contributed by atoms with Crippen LogP contribution < -0.4 is 4.74 Å². The highest BCUT2D eigenvalue weighted by atomic mass is 32.1. The van der Waals surface area contributed by atoms with Gasteiger partial charge >= 0.3 is 0 Å². The number of nitriles is 2. The fourth-order valence-electron chi connectivity index (χ4n) is 2.71. The Morgan fingerprint density at radius 2 is 2.04 bits per heavy atom. The number of para-hydroxylation sites is 1. The highest BCUT2D eigenvalue weighted by Crippen LogP contribution is 2.39. The third-order valence-electron chi connectivity index (χ3n) is 3.80. The molecule has 0 atom stereocenters. The lowest BCUT2D eigenvalue weighted by Crippen LogP contribution is -1.99. The highest BCUT2D eigenvalue weighted by molar-refractivity contribution is 7.16. The molecule has 1 aromatic heterocycles. The summed E-state index contributed by atoms with van der Waals surface area (Å²) in [5.74, 6) is 0.623. The molecule has 0 N–H and O–H groups in total. The Hall–Kier alpha value is -2.63. The number of benzene rings is 1. The quantitative estimate of drug-likeness (QED) is 0.794. The zero-order chi connectivity index (χ0) is 16.1. The zero-order valence-electron chi connectivity index (χ0n) is 12.6. The van der Waals surface area contributed by atoms with Crippen molar-refractivity contribution in [3.8, 4) is 17.9 Å². The van der Waals surface area contributed by atoms with Gasteiger partial charge in [-0.1, -0.05) is 12.1 Å². The van der Waals surface area contributed by atoms with Crippen LogP contribution >= 0.6 is 11.3 Å². The molecular formula is C18H15N3OS. The number of fused-ring (bicyclic) bond motifs is 1. The number of hydrogen-bond donors (Lipinski definition) is 0. The summed E-state index contributed by atoms with van der Waals surface area (Å²) in [6.07, 6.45) is 6.07. The van der Waals surface area contributed by atoms with Gasteiger partial charge in [-0.25, -0.2) is 4.99 Å². The van der Waals surface area contributed by atoms with Gasteiger partial charge in [0.05, 0.1) is 5.56 Å². The average molecular weight is 321 g/mol. The van der Waals surface area contributed by atoms with E-state index >= 15 is 0 Å². The van der Waals surface area contributed by atoms with Crippen LogP contribution in [0, 0.1) is 22.7 Å². The third kappa shape index (κ3) is 3.26. The Kier molecular flexibility index (Phi) is 4.71. The third-order valence-corrected chi connectivity index (χ3v) is 5.00. The van der Waals surface area contributed by atoms with E-state index in [0.717, 1.165) is 35.4 Å². The van der Waals surface area contributed by atoms with Crippen molar-refractivity contribution >= 4 is 22.6 Å². The Labute approximate surface area is 139 Å². The second-order valence-electron chi connectivity index (χ2n) is 5.25. The largest absolute Gasteiger partial charge is 0.478 e. The van der Waals surface area contributed by atoms with Crippen LogP contribution in [0.1, 0.15) is 34.4 Å².